The van der Waals surface area contributed by atoms with Crippen molar-refractivity contribution in [3.8, 4) is 5.75 Å². The van der Waals surface area contributed by atoms with Crippen LogP contribution in [0.15, 0.2) is 53.4 Å². The summed E-state index contributed by atoms with van der Waals surface area (Å²) in [5.41, 5.74) is 0.550. The molecule has 0 saturated heterocycles. The highest BCUT2D eigenvalue weighted by molar-refractivity contribution is 7.89. The van der Waals surface area contributed by atoms with Gasteiger partial charge >= 0.3 is 6.18 Å². The number of anilines is 1. The molecular weight excluding hydrogens is 373 g/mol. The molecule has 26 heavy (non-hydrogen) atoms. The molecule has 0 saturated carbocycles. The summed E-state index contributed by atoms with van der Waals surface area (Å²) in [5.74, 6) is -0.117. The van der Waals surface area contributed by atoms with Gasteiger partial charge in [0.2, 0.25) is 10.0 Å². The third-order valence-electron chi connectivity index (χ3n) is 3.24. The quantitative estimate of drug-likeness (QED) is 0.797. The minimum absolute atomic E-state index is 0.274. The van der Waals surface area contributed by atoms with Crippen LogP contribution in [0.5, 0.6) is 5.75 Å². The van der Waals surface area contributed by atoms with E-state index in [1.807, 2.05) is 0 Å². The van der Waals surface area contributed by atoms with Gasteiger partial charge in [0, 0.05) is 5.69 Å². The fourth-order valence-electron chi connectivity index (χ4n) is 2.01. The van der Waals surface area contributed by atoms with Crippen molar-refractivity contribution < 1.29 is 31.1 Å². The van der Waals surface area contributed by atoms with E-state index in [2.05, 4.69) is 5.32 Å². The topological polar surface area (TPSA) is 84.5 Å². The van der Waals surface area contributed by atoms with Crippen molar-refractivity contribution in [2.45, 2.75) is 11.1 Å². The molecule has 0 aliphatic rings. The lowest BCUT2D eigenvalue weighted by Crippen LogP contribution is -2.33. The van der Waals surface area contributed by atoms with Gasteiger partial charge in [-0.2, -0.15) is 13.2 Å². The number of carbonyl (C=O) groups excluding carboxylic acids is 1. The highest BCUT2D eigenvalue weighted by Crippen LogP contribution is 2.20. The van der Waals surface area contributed by atoms with E-state index in [1.165, 1.54) is 24.0 Å². The van der Waals surface area contributed by atoms with Crippen LogP contribution in [-0.2, 0) is 10.0 Å². The van der Waals surface area contributed by atoms with Crippen LogP contribution >= 0.6 is 0 Å². The number of benzene rings is 2. The second kappa shape index (κ2) is 7.75. The molecule has 1 amide bonds. The number of sulfonamides is 1. The Morgan fingerprint density at radius 1 is 1.08 bits per heavy atom. The highest BCUT2D eigenvalue weighted by atomic mass is 32.2. The van der Waals surface area contributed by atoms with Crippen molar-refractivity contribution in [3.05, 3.63) is 54.1 Å². The number of nitrogens with one attached hydrogen (secondary N) is 2. The summed E-state index contributed by atoms with van der Waals surface area (Å²) in [6.07, 6.45) is -4.66. The molecule has 0 fully saturated rings. The Hall–Kier alpha value is -2.59. The standard InChI is InChI=1S/C16H15F3N2O4S/c1-25-14-5-3-2-4-13(14)15(22)21-11-6-8-12(9-7-11)26(23,24)20-10-16(17,18)19/h2-9,20H,10H2,1H3,(H,21,22). The van der Waals surface area contributed by atoms with Crippen LogP contribution in [0.4, 0.5) is 18.9 Å². The van der Waals surface area contributed by atoms with E-state index >= 15 is 0 Å². The molecule has 0 aliphatic carbocycles. The van der Waals surface area contributed by atoms with Crippen LogP contribution in [0.2, 0.25) is 0 Å². The van der Waals surface area contributed by atoms with Crippen LogP contribution in [0.25, 0.3) is 0 Å². The summed E-state index contributed by atoms with van der Waals surface area (Å²) in [7, 11) is -2.89. The Balaban J connectivity index is 2.11. The van der Waals surface area contributed by atoms with E-state index in [-0.39, 0.29) is 16.1 Å². The second-order valence-corrected chi connectivity index (χ2v) is 6.89. The number of rotatable bonds is 6. The molecule has 6 nitrogen and oxygen atoms in total. The first-order valence-electron chi connectivity index (χ1n) is 7.23. The largest absolute Gasteiger partial charge is 0.496 e. The van der Waals surface area contributed by atoms with Gasteiger partial charge in [-0.3, -0.25) is 4.79 Å². The van der Waals surface area contributed by atoms with Crippen molar-refractivity contribution in [3.63, 3.8) is 0 Å². The molecule has 10 heteroatoms. The van der Waals surface area contributed by atoms with Gasteiger partial charge in [0.1, 0.15) is 12.3 Å². The summed E-state index contributed by atoms with van der Waals surface area (Å²) in [5, 5.41) is 2.55. The molecule has 0 aromatic heterocycles. The number of hydrogen-bond acceptors (Lipinski definition) is 4. The van der Waals surface area contributed by atoms with E-state index in [1.54, 1.807) is 24.3 Å². The van der Waals surface area contributed by atoms with Crippen molar-refractivity contribution >= 4 is 21.6 Å². The third-order valence-corrected chi connectivity index (χ3v) is 4.65. The Bertz CT molecular complexity index is 881. The van der Waals surface area contributed by atoms with E-state index in [0.717, 1.165) is 12.1 Å². The molecule has 0 unspecified atom stereocenters. The van der Waals surface area contributed by atoms with Gasteiger partial charge in [-0.15, -0.1) is 0 Å². The normalized spacial score (nSPS) is 11.8. The molecule has 0 spiro atoms. The van der Waals surface area contributed by atoms with Gasteiger partial charge < -0.3 is 10.1 Å². The molecule has 2 N–H and O–H groups in total. The Labute approximate surface area is 148 Å². The average molecular weight is 388 g/mol. The number of carbonyl (C=O) groups is 1. The Morgan fingerprint density at radius 3 is 2.27 bits per heavy atom. The SMILES string of the molecule is COc1ccccc1C(=O)Nc1ccc(S(=O)(=O)NCC(F)(F)F)cc1. The molecule has 2 aromatic rings. The predicted octanol–water partition coefficient (Wildman–Crippen LogP) is 2.79. The van der Waals surface area contributed by atoms with E-state index < -0.39 is 28.7 Å². The molecule has 2 rings (SSSR count). The van der Waals surface area contributed by atoms with E-state index in [0.29, 0.717) is 5.75 Å². The van der Waals surface area contributed by atoms with Gasteiger partial charge in [0.25, 0.3) is 5.91 Å². The fraction of sp³-hybridized carbons (Fsp3) is 0.188. The molecule has 2 aromatic carbocycles. The average Bonchev–Trinajstić information content (AvgIpc) is 2.60. The lowest BCUT2D eigenvalue weighted by molar-refractivity contribution is -0.121. The number of amides is 1. The summed E-state index contributed by atoms with van der Waals surface area (Å²) in [4.78, 5) is 11.9. The zero-order chi connectivity index (χ0) is 19.4. The summed E-state index contributed by atoms with van der Waals surface area (Å²) in [6, 6.07) is 11.2. The maximum absolute atomic E-state index is 12.2. The van der Waals surface area contributed by atoms with Gasteiger partial charge in [0.05, 0.1) is 17.6 Å². The molecule has 140 valence electrons. The van der Waals surface area contributed by atoms with Crippen LogP contribution < -0.4 is 14.8 Å². The Kier molecular flexibility index (Phi) is 5.88. The molecular formula is C16H15F3N2O4S. The van der Waals surface area contributed by atoms with E-state index in [9.17, 15) is 26.4 Å². The van der Waals surface area contributed by atoms with Crippen LogP contribution in [-0.4, -0.2) is 34.2 Å². The third kappa shape index (κ3) is 5.20. The summed E-state index contributed by atoms with van der Waals surface area (Å²) in [6.45, 7) is -1.67. The summed E-state index contributed by atoms with van der Waals surface area (Å²) >= 11 is 0. The molecule has 0 radical (unpaired) electrons. The maximum atomic E-state index is 12.2. The second-order valence-electron chi connectivity index (χ2n) is 5.12. The lowest BCUT2D eigenvalue weighted by Gasteiger charge is -2.11. The molecule has 0 heterocycles. The van der Waals surface area contributed by atoms with Crippen LogP contribution in [0, 0.1) is 0 Å². The zero-order valence-electron chi connectivity index (χ0n) is 13.5. The summed E-state index contributed by atoms with van der Waals surface area (Å²) < 4.78 is 66.6. The Morgan fingerprint density at radius 2 is 1.69 bits per heavy atom. The smallest absolute Gasteiger partial charge is 0.402 e. The monoisotopic (exact) mass is 388 g/mol. The molecule has 0 atom stereocenters. The first kappa shape index (κ1) is 19.7. The maximum Gasteiger partial charge on any atom is 0.402 e. The van der Waals surface area contributed by atoms with Crippen molar-refractivity contribution in [2.75, 3.05) is 19.0 Å². The van der Waals surface area contributed by atoms with E-state index in [4.69, 9.17) is 4.74 Å². The number of methoxy groups -OCH3 is 1. The van der Waals surface area contributed by atoms with Crippen molar-refractivity contribution in [2.24, 2.45) is 0 Å². The number of para-hydroxylation sites is 1. The lowest BCUT2D eigenvalue weighted by atomic mass is 10.2. The number of alkyl halides is 3. The highest BCUT2D eigenvalue weighted by Gasteiger charge is 2.30. The number of ether oxygens (including phenoxy) is 1. The predicted molar refractivity (Wildman–Crippen MR) is 88.6 cm³/mol. The van der Waals surface area contributed by atoms with Crippen LogP contribution in [0.3, 0.4) is 0 Å². The van der Waals surface area contributed by atoms with Gasteiger partial charge in [-0.05, 0) is 36.4 Å². The molecule has 0 aliphatic heterocycles. The minimum Gasteiger partial charge on any atom is -0.496 e. The van der Waals surface area contributed by atoms with Gasteiger partial charge in [0.15, 0.2) is 0 Å². The number of hydrogen-bond donors (Lipinski definition) is 2. The first-order valence-corrected chi connectivity index (χ1v) is 8.71. The van der Waals surface area contributed by atoms with Crippen molar-refractivity contribution in [1.82, 2.24) is 4.72 Å². The minimum atomic E-state index is -4.66. The van der Waals surface area contributed by atoms with Crippen LogP contribution in [0.1, 0.15) is 10.4 Å². The molecule has 0 bridgehead atoms. The number of halogens is 3. The van der Waals surface area contributed by atoms with Gasteiger partial charge in [-0.1, -0.05) is 12.1 Å². The van der Waals surface area contributed by atoms with Gasteiger partial charge in [-0.25, -0.2) is 13.1 Å². The fourth-order valence-corrected chi connectivity index (χ4v) is 3.02. The first-order chi connectivity index (χ1) is 12.1. The zero-order valence-corrected chi connectivity index (χ0v) is 14.3. The van der Waals surface area contributed by atoms with Crippen molar-refractivity contribution in [1.29, 1.82) is 0 Å².